The highest BCUT2D eigenvalue weighted by Gasteiger charge is 2.10. The summed E-state index contributed by atoms with van der Waals surface area (Å²) in [5.41, 5.74) is 2.58. The van der Waals surface area contributed by atoms with E-state index in [9.17, 15) is 4.79 Å². The van der Waals surface area contributed by atoms with Gasteiger partial charge in [-0.15, -0.1) is 23.1 Å². The van der Waals surface area contributed by atoms with E-state index in [1.807, 2.05) is 48.0 Å². The van der Waals surface area contributed by atoms with E-state index in [0.29, 0.717) is 0 Å². The molecule has 1 N–H and O–H groups in total. The largest absolute Gasteiger partial charge is 0.325 e. The van der Waals surface area contributed by atoms with Gasteiger partial charge in [0.05, 0.1) is 17.8 Å². The molecule has 0 bridgehead atoms. The van der Waals surface area contributed by atoms with Gasteiger partial charge in [0, 0.05) is 28.2 Å². The zero-order chi connectivity index (χ0) is 16.1. The molecule has 0 aliphatic heterocycles. The Kier molecular flexibility index (Phi) is 5.05. The van der Waals surface area contributed by atoms with Gasteiger partial charge < -0.3 is 5.32 Å². The minimum Gasteiger partial charge on any atom is -0.325 e. The van der Waals surface area contributed by atoms with E-state index in [4.69, 9.17) is 0 Å². The molecule has 0 aliphatic carbocycles. The van der Waals surface area contributed by atoms with E-state index in [2.05, 4.69) is 15.3 Å². The lowest BCUT2D eigenvalue weighted by Crippen LogP contribution is -2.15. The number of nitrogens with zero attached hydrogens (tertiary/aromatic N) is 2. The number of aromatic nitrogens is 2. The first-order chi connectivity index (χ1) is 11.3. The normalized spacial score (nSPS) is 10.5. The topological polar surface area (TPSA) is 54.9 Å². The summed E-state index contributed by atoms with van der Waals surface area (Å²) < 4.78 is 0. The number of thiazole rings is 1. The van der Waals surface area contributed by atoms with E-state index in [1.54, 1.807) is 24.2 Å². The smallest absolute Gasteiger partial charge is 0.230 e. The molecule has 116 valence electrons. The van der Waals surface area contributed by atoms with Crippen LogP contribution in [0.4, 0.5) is 5.69 Å². The molecule has 0 spiro atoms. The summed E-state index contributed by atoms with van der Waals surface area (Å²) in [5, 5.41) is 5.75. The van der Waals surface area contributed by atoms with Crippen LogP contribution in [0.25, 0.3) is 10.6 Å². The number of amides is 1. The van der Waals surface area contributed by atoms with Crippen molar-refractivity contribution >= 4 is 34.7 Å². The molecule has 1 aromatic carbocycles. The van der Waals surface area contributed by atoms with Gasteiger partial charge in [-0.05, 0) is 30.5 Å². The summed E-state index contributed by atoms with van der Waals surface area (Å²) in [6.45, 7) is 0. The lowest BCUT2D eigenvalue weighted by Gasteiger charge is -2.08. The van der Waals surface area contributed by atoms with Crippen LogP contribution >= 0.6 is 23.1 Å². The molecule has 0 atom stereocenters. The third-order valence-corrected chi connectivity index (χ3v) is 4.92. The second kappa shape index (κ2) is 7.39. The predicted molar refractivity (Wildman–Crippen MR) is 95.9 cm³/mol. The fourth-order valence-electron chi connectivity index (χ4n) is 2.12. The van der Waals surface area contributed by atoms with Crippen LogP contribution in [0.5, 0.6) is 0 Å². The number of nitrogens with one attached hydrogen (secondary N) is 1. The Morgan fingerprint density at radius 1 is 1.26 bits per heavy atom. The summed E-state index contributed by atoms with van der Waals surface area (Å²) in [7, 11) is 0. The van der Waals surface area contributed by atoms with Crippen molar-refractivity contribution in [2.75, 3.05) is 11.6 Å². The van der Waals surface area contributed by atoms with Gasteiger partial charge in [0.15, 0.2) is 0 Å². The molecule has 1 amide bonds. The van der Waals surface area contributed by atoms with E-state index in [0.717, 1.165) is 26.8 Å². The first-order valence-corrected chi connectivity index (χ1v) is 9.14. The highest BCUT2D eigenvalue weighted by atomic mass is 32.2. The van der Waals surface area contributed by atoms with E-state index >= 15 is 0 Å². The van der Waals surface area contributed by atoms with Gasteiger partial charge in [-0.2, -0.15) is 0 Å². The molecule has 4 nitrogen and oxygen atoms in total. The summed E-state index contributed by atoms with van der Waals surface area (Å²) in [5.74, 6) is -0.0606. The Bertz CT molecular complexity index is 802. The number of para-hydroxylation sites is 1. The summed E-state index contributed by atoms with van der Waals surface area (Å²) >= 11 is 3.13. The van der Waals surface area contributed by atoms with Crippen LogP contribution in [0.15, 0.2) is 59.1 Å². The van der Waals surface area contributed by atoms with Crippen LogP contribution in [0.3, 0.4) is 0 Å². The summed E-state index contributed by atoms with van der Waals surface area (Å²) in [4.78, 5) is 21.9. The van der Waals surface area contributed by atoms with Gasteiger partial charge in [-0.3, -0.25) is 9.78 Å². The molecule has 0 fully saturated rings. The highest BCUT2D eigenvalue weighted by molar-refractivity contribution is 7.98. The Balaban J connectivity index is 1.68. The van der Waals surface area contributed by atoms with Gasteiger partial charge in [-0.25, -0.2) is 4.98 Å². The van der Waals surface area contributed by atoms with E-state index in [-0.39, 0.29) is 12.3 Å². The van der Waals surface area contributed by atoms with Crippen LogP contribution in [0, 0.1) is 0 Å². The molecule has 0 saturated heterocycles. The van der Waals surface area contributed by atoms with Gasteiger partial charge in [0.1, 0.15) is 5.01 Å². The van der Waals surface area contributed by atoms with Gasteiger partial charge in [0.2, 0.25) is 5.91 Å². The molecule has 3 aromatic rings. The maximum Gasteiger partial charge on any atom is 0.230 e. The molecule has 2 aromatic heterocycles. The molecule has 0 aliphatic rings. The van der Waals surface area contributed by atoms with Gasteiger partial charge >= 0.3 is 0 Å². The third kappa shape index (κ3) is 3.97. The minimum absolute atomic E-state index is 0.0606. The van der Waals surface area contributed by atoms with Crippen molar-refractivity contribution in [3.8, 4) is 10.6 Å². The first-order valence-electron chi connectivity index (χ1n) is 7.04. The maximum atomic E-state index is 12.2. The molecular formula is C17H15N3OS2. The summed E-state index contributed by atoms with van der Waals surface area (Å²) in [6, 6.07) is 11.6. The predicted octanol–water partition coefficient (Wildman–Crippen LogP) is 4.11. The van der Waals surface area contributed by atoms with Crippen molar-refractivity contribution in [2.24, 2.45) is 0 Å². The quantitative estimate of drug-likeness (QED) is 0.710. The zero-order valence-corrected chi connectivity index (χ0v) is 14.2. The highest BCUT2D eigenvalue weighted by Crippen LogP contribution is 2.25. The van der Waals surface area contributed by atoms with Crippen molar-refractivity contribution in [3.05, 3.63) is 59.9 Å². The first kappa shape index (κ1) is 15.7. The van der Waals surface area contributed by atoms with Gasteiger partial charge in [-0.1, -0.05) is 12.1 Å². The molecule has 0 saturated carbocycles. The molecule has 3 rings (SSSR count). The maximum absolute atomic E-state index is 12.2. The van der Waals surface area contributed by atoms with Crippen molar-refractivity contribution in [1.29, 1.82) is 0 Å². The second-order valence-electron chi connectivity index (χ2n) is 4.81. The molecule has 2 heterocycles. The Hall–Kier alpha value is -2.18. The number of anilines is 1. The second-order valence-corrected chi connectivity index (χ2v) is 6.52. The van der Waals surface area contributed by atoms with Crippen LogP contribution in [-0.2, 0) is 11.2 Å². The molecule has 6 heteroatoms. The number of hydrogen-bond acceptors (Lipinski definition) is 5. The van der Waals surface area contributed by atoms with E-state index < -0.39 is 0 Å². The average Bonchev–Trinajstić information content (AvgIpc) is 3.04. The minimum atomic E-state index is -0.0606. The fraction of sp³-hybridized carbons (Fsp3) is 0.118. The average molecular weight is 341 g/mol. The lowest BCUT2D eigenvalue weighted by atomic mass is 10.2. The van der Waals surface area contributed by atoms with Crippen molar-refractivity contribution < 1.29 is 4.79 Å². The number of pyridine rings is 1. The number of carbonyl (C=O) groups excluding carboxylic acids is 1. The zero-order valence-electron chi connectivity index (χ0n) is 12.5. The number of rotatable bonds is 5. The monoisotopic (exact) mass is 341 g/mol. The van der Waals surface area contributed by atoms with Crippen LogP contribution in [0.2, 0.25) is 0 Å². The van der Waals surface area contributed by atoms with Gasteiger partial charge in [0.25, 0.3) is 0 Å². The van der Waals surface area contributed by atoms with E-state index in [1.165, 1.54) is 11.3 Å². The molecule has 23 heavy (non-hydrogen) atoms. The standard InChI is InChI=1S/C17H15N3OS2/c1-22-15-7-3-2-6-14(15)20-16(21)9-13-11-23-17(19-13)12-5-4-8-18-10-12/h2-8,10-11H,9H2,1H3,(H,20,21). The molecule has 0 unspecified atom stereocenters. The lowest BCUT2D eigenvalue weighted by molar-refractivity contribution is -0.115. The van der Waals surface area contributed by atoms with Crippen LogP contribution in [-0.4, -0.2) is 22.1 Å². The molecular weight excluding hydrogens is 326 g/mol. The Morgan fingerprint density at radius 3 is 2.91 bits per heavy atom. The Morgan fingerprint density at radius 2 is 2.13 bits per heavy atom. The van der Waals surface area contributed by atoms with Crippen molar-refractivity contribution in [3.63, 3.8) is 0 Å². The number of benzene rings is 1. The Labute approximate surface area is 143 Å². The van der Waals surface area contributed by atoms with Crippen LogP contribution in [0.1, 0.15) is 5.69 Å². The number of hydrogen-bond donors (Lipinski definition) is 1. The van der Waals surface area contributed by atoms with Crippen LogP contribution < -0.4 is 5.32 Å². The van der Waals surface area contributed by atoms with Crippen molar-refractivity contribution in [2.45, 2.75) is 11.3 Å². The number of thioether (sulfide) groups is 1. The summed E-state index contributed by atoms with van der Waals surface area (Å²) in [6.07, 6.45) is 5.76. The third-order valence-electron chi connectivity index (χ3n) is 3.18. The molecule has 0 radical (unpaired) electrons. The number of carbonyl (C=O) groups is 1. The van der Waals surface area contributed by atoms with Crippen molar-refractivity contribution in [1.82, 2.24) is 9.97 Å². The SMILES string of the molecule is CSc1ccccc1NC(=O)Cc1csc(-c2cccnc2)n1. The fourth-order valence-corrected chi connectivity index (χ4v) is 3.48.